The van der Waals surface area contributed by atoms with Crippen LogP contribution in [0, 0.1) is 60.7 Å². The quantitative estimate of drug-likeness (QED) is 0.108. The van der Waals surface area contributed by atoms with E-state index in [2.05, 4.69) is 5.10 Å². The summed E-state index contributed by atoms with van der Waals surface area (Å²) in [5.41, 5.74) is 5.75. The summed E-state index contributed by atoms with van der Waals surface area (Å²) >= 11 is 0. The van der Waals surface area contributed by atoms with Gasteiger partial charge in [0.2, 0.25) is 0 Å². The first-order valence-electron chi connectivity index (χ1n) is 6.89. The van der Waals surface area contributed by atoms with Crippen LogP contribution in [0.3, 0.4) is 0 Å². The van der Waals surface area contributed by atoms with Gasteiger partial charge in [-0.1, -0.05) is 5.23 Å². The molecule has 166 valence electrons. The van der Waals surface area contributed by atoms with Crippen LogP contribution in [0.25, 0.3) is 0 Å². The van der Waals surface area contributed by atoms with Crippen LogP contribution in [0.15, 0.2) is 5.10 Å². The largest absolute Gasteiger partial charge is 0.702 e. The number of nitro groups is 6. The second-order valence-corrected chi connectivity index (χ2v) is 5.61. The first-order chi connectivity index (χ1) is 13.6. The van der Waals surface area contributed by atoms with Crippen molar-refractivity contribution in [3.8, 4) is 0 Å². The number of nitrogens with zero attached hydrogens (tertiary/aromatic N) is 8. The standard InChI is InChI=1S/C6H10N12O12/c7-3-4(10-18(8)11-9-3,1-5(12(19)20,13(21)22)14(23)24)2-6(15(25)26,16(27)28)17(29)30/h10-11H,1-2,8H2,(H2,7,9). The Kier molecular flexibility index (Phi) is 5.91. The van der Waals surface area contributed by atoms with Crippen LogP contribution in [-0.2, 0) is 0 Å². The molecular weight excluding hydrogens is 432 g/mol. The van der Waals surface area contributed by atoms with E-state index in [4.69, 9.17) is 11.6 Å². The summed E-state index contributed by atoms with van der Waals surface area (Å²) in [6.07, 6.45) is -4.23. The average Bonchev–Trinajstić information content (AvgIpc) is 2.59. The Hall–Kier alpha value is -4.45. The maximum absolute atomic E-state index is 11.2. The second-order valence-electron chi connectivity index (χ2n) is 5.61. The molecular formula is C6H10N12O12. The molecule has 0 aromatic heterocycles. The Balaban J connectivity index is 3.88. The van der Waals surface area contributed by atoms with Crippen molar-refractivity contribution in [2.45, 2.75) is 30.0 Å². The lowest BCUT2D eigenvalue weighted by molar-refractivity contribution is -0.977. The number of nitrogens with one attached hydrogen (secondary N) is 2. The lowest BCUT2D eigenvalue weighted by atomic mass is 9.84. The summed E-state index contributed by atoms with van der Waals surface area (Å²) in [7, 11) is 0. The highest BCUT2D eigenvalue weighted by atomic mass is 16.7. The molecule has 24 nitrogen and oxygen atoms in total. The summed E-state index contributed by atoms with van der Waals surface area (Å²) < 4.78 is 0. The minimum absolute atomic E-state index is 0.0611. The Labute approximate surface area is 160 Å². The maximum Gasteiger partial charge on any atom is 0.702 e. The lowest BCUT2D eigenvalue weighted by Gasteiger charge is -2.37. The number of hydrogen-bond donors (Lipinski definition) is 4. The number of nitrogens with two attached hydrogens (primary N) is 2. The first-order valence-corrected chi connectivity index (χ1v) is 6.89. The first kappa shape index (κ1) is 23.6. The number of amidine groups is 1. The summed E-state index contributed by atoms with van der Waals surface area (Å²) in [5.74, 6) is -4.85. The van der Waals surface area contributed by atoms with Crippen molar-refractivity contribution < 1.29 is 29.5 Å². The van der Waals surface area contributed by atoms with Crippen LogP contribution in [0.2, 0.25) is 0 Å². The topological polar surface area (TPSA) is 351 Å². The van der Waals surface area contributed by atoms with E-state index in [1.54, 1.807) is 11.0 Å². The smallest absolute Gasteiger partial charge is 0.384 e. The highest BCUT2D eigenvalue weighted by molar-refractivity contribution is 5.90. The number of hydrazine groups is 3. The SMILES string of the molecule is NC1=NNN(N)NC1(CC([N+](=O)[O-])([N+](=O)[O-])[N+](=O)[O-])CC([N+](=O)[O-])([N+](=O)[O-])[N+](=O)[O-]. The summed E-state index contributed by atoms with van der Waals surface area (Å²) in [6.45, 7) is 0. The second kappa shape index (κ2) is 7.52. The van der Waals surface area contributed by atoms with Gasteiger partial charge in [0, 0.05) is 0 Å². The van der Waals surface area contributed by atoms with Crippen molar-refractivity contribution in [2.24, 2.45) is 16.7 Å². The van der Waals surface area contributed by atoms with E-state index in [1.807, 2.05) is 0 Å². The van der Waals surface area contributed by atoms with E-state index in [-0.39, 0.29) is 5.23 Å². The number of hydrogen-bond acceptors (Lipinski definition) is 18. The van der Waals surface area contributed by atoms with Gasteiger partial charge < -0.3 is 5.73 Å². The van der Waals surface area contributed by atoms with Crippen LogP contribution in [0.4, 0.5) is 0 Å². The van der Waals surface area contributed by atoms with Crippen molar-refractivity contribution in [1.29, 1.82) is 0 Å². The molecule has 0 atom stereocenters. The molecule has 1 rings (SSSR count). The predicted molar refractivity (Wildman–Crippen MR) is 83.3 cm³/mol. The Morgan fingerprint density at radius 1 is 0.800 bits per heavy atom. The Bertz CT molecular complexity index is 729. The van der Waals surface area contributed by atoms with Gasteiger partial charge in [-0.3, -0.25) is 60.7 Å². The molecule has 0 spiro atoms. The van der Waals surface area contributed by atoms with Crippen LogP contribution in [0.1, 0.15) is 12.8 Å². The van der Waals surface area contributed by atoms with Gasteiger partial charge in [0.05, 0.1) is 0 Å². The van der Waals surface area contributed by atoms with Crippen molar-refractivity contribution in [1.82, 2.24) is 16.2 Å². The van der Waals surface area contributed by atoms with Gasteiger partial charge in [0.25, 0.3) is 0 Å². The van der Waals surface area contributed by atoms with Crippen molar-refractivity contribution in [2.75, 3.05) is 0 Å². The maximum atomic E-state index is 11.2. The molecule has 0 radical (unpaired) electrons. The minimum atomic E-state index is -4.42. The molecule has 0 saturated heterocycles. The third-order valence-corrected chi connectivity index (χ3v) is 3.94. The van der Waals surface area contributed by atoms with E-state index < -0.39 is 65.3 Å². The molecule has 1 aliphatic rings. The Morgan fingerprint density at radius 2 is 1.10 bits per heavy atom. The molecule has 1 aliphatic heterocycles. The monoisotopic (exact) mass is 442 g/mol. The lowest BCUT2D eigenvalue weighted by Crippen LogP contribution is -2.76. The van der Waals surface area contributed by atoms with Gasteiger partial charge in [0.1, 0.15) is 11.4 Å². The molecule has 30 heavy (non-hydrogen) atoms. The summed E-state index contributed by atoms with van der Waals surface area (Å²) in [6, 6.07) is 0. The highest BCUT2D eigenvalue weighted by Crippen LogP contribution is 2.35. The van der Waals surface area contributed by atoms with E-state index in [0.717, 1.165) is 0 Å². The zero-order valence-corrected chi connectivity index (χ0v) is 14.0. The highest BCUT2D eigenvalue weighted by Gasteiger charge is 2.81. The molecule has 1 heterocycles. The zero-order chi connectivity index (χ0) is 23.7. The fourth-order valence-electron chi connectivity index (χ4n) is 2.45. The van der Waals surface area contributed by atoms with Crippen molar-refractivity contribution in [3.63, 3.8) is 0 Å². The molecule has 0 fully saturated rings. The summed E-state index contributed by atoms with van der Waals surface area (Å²) in [4.78, 5) is 55.2. The third-order valence-electron chi connectivity index (χ3n) is 3.94. The molecule has 6 N–H and O–H groups in total. The summed E-state index contributed by atoms with van der Waals surface area (Å²) in [5, 5.41) is 70.6. The van der Waals surface area contributed by atoms with Crippen LogP contribution >= 0.6 is 0 Å². The van der Waals surface area contributed by atoms with Gasteiger partial charge in [-0.05, 0) is 0 Å². The average molecular weight is 442 g/mol. The molecule has 0 saturated carbocycles. The molecule has 0 aliphatic carbocycles. The van der Waals surface area contributed by atoms with Crippen molar-refractivity contribution in [3.05, 3.63) is 60.7 Å². The number of rotatable bonds is 10. The fourth-order valence-corrected chi connectivity index (χ4v) is 2.45. The number of hydrazone groups is 1. The van der Waals surface area contributed by atoms with E-state index in [1.165, 1.54) is 0 Å². The Morgan fingerprint density at radius 3 is 1.37 bits per heavy atom. The van der Waals surface area contributed by atoms with Gasteiger partial charge >= 0.3 is 11.6 Å². The zero-order valence-electron chi connectivity index (χ0n) is 14.0. The van der Waals surface area contributed by atoms with E-state index >= 15 is 0 Å². The van der Waals surface area contributed by atoms with Crippen LogP contribution in [0.5, 0.6) is 0 Å². The van der Waals surface area contributed by atoms with E-state index in [0.29, 0.717) is 0 Å². The molecule has 0 amide bonds. The van der Waals surface area contributed by atoms with Gasteiger partial charge in [-0.25, -0.2) is 16.8 Å². The van der Waals surface area contributed by atoms with Gasteiger partial charge in [-0.2, -0.15) is 0 Å². The normalized spacial score (nSPS) is 16.6. The molecule has 0 unspecified atom stereocenters. The van der Waals surface area contributed by atoms with Crippen molar-refractivity contribution >= 4 is 5.84 Å². The van der Waals surface area contributed by atoms with Crippen LogP contribution < -0.4 is 22.5 Å². The molecule has 0 aromatic carbocycles. The fraction of sp³-hybridized carbons (Fsp3) is 0.833. The van der Waals surface area contributed by atoms with E-state index in [9.17, 15) is 60.7 Å². The molecule has 0 aromatic rings. The predicted octanol–water partition coefficient (Wildman–Crippen LogP) is -4.06. The van der Waals surface area contributed by atoms with Gasteiger partial charge in [-0.15, -0.1) is 5.10 Å². The van der Waals surface area contributed by atoms with Crippen LogP contribution in [-0.4, -0.2) is 57.7 Å². The third kappa shape index (κ3) is 3.38. The van der Waals surface area contributed by atoms with Gasteiger partial charge in [0.15, 0.2) is 42.4 Å². The minimum Gasteiger partial charge on any atom is -0.384 e. The molecule has 24 heteroatoms. The molecule has 0 bridgehead atoms.